The largest absolute Gasteiger partial charge is 0.444 e. The van der Waals surface area contributed by atoms with Crippen LogP contribution in [0.4, 0.5) is 4.79 Å². The van der Waals surface area contributed by atoms with Crippen LogP contribution in [0.15, 0.2) is 29.6 Å². The Hall–Kier alpha value is -1.99. The summed E-state index contributed by atoms with van der Waals surface area (Å²) >= 11 is 1.69. The summed E-state index contributed by atoms with van der Waals surface area (Å²) in [5.74, 6) is 6.02. The lowest BCUT2D eigenvalue weighted by Gasteiger charge is -2.18. The van der Waals surface area contributed by atoms with E-state index in [1.807, 2.05) is 32.9 Å². The third-order valence-electron chi connectivity index (χ3n) is 2.44. The van der Waals surface area contributed by atoms with Crippen molar-refractivity contribution in [3.8, 4) is 11.8 Å². The van der Waals surface area contributed by atoms with Gasteiger partial charge in [-0.15, -0.1) is 11.3 Å². The van der Waals surface area contributed by atoms with Gasteiger partial charge >= 0.3 is 6.09 Å². The van der Waals surface area contributed by atoms with Crippen molar-refractivity contribution in [1.82, 2.24) is 5.32 Å². The maximum atomic E-state index is 11.4. The first-order valence-corrected chi connectivity index (χ1v) is 7.25. The van der Waals surface area contributed by atoms with E-state index in [-0.39, 0.29) is 6.54 Å². The molecular weight excluding hydrogens is 270 g/mol. The Morgan fingerprint density at radius 2 is 2.15 bits per heavy atom. The predicted molar refractivity (Wildman–Crippen MR) is 82.9 cm³/mol. The zero-order chi connectivity index (χ0) is 14.6. The van der Waals surface area contributed by atoms with Gasteiger partial charge in [0.2, 0.25) is 0 Å². The summed E-state index contributed by atoms with van der Waals surface area (Å²) < 4.78 is 6.35. The number of nitrogens with one attached hydrogen (secondary N) is 1. The Morgan fingerprint density at radius 1 is 1.35 bits per heavy atom. The molecule has 0 unspecified atom stereocenters. The summed E-state index contributed by atoms with van der Waals surface area (Å²) in [5.41, 5.74) is 0.495. The number of carbonyl (C=O) groups excluding carboxylic acids is 1. The molecule has 0 radical (unpaired) electrons. The van der Waals surface area contributed by atoms with Gasteiger partial charge in [0.15, 0.2) is 0 Å². The molecule has 2 rings (SSSR count). The lowest BCUT2D eigenvalue weighted by Crippen LogP contribution is -2.32. The van der Waals surface area contributed by atoms with Crippen molar-refractivity contribution in [1.29, 1.82) is 0 Å². The van der Waals surface area contributed by atoms with Crippen LogP contribution < -0.4 is 5.32 Å². The average Bonchev–Trinajstić information content (AvgIpc) is 2.81. The summed E-state index contributed by atoms with van der Waals surface area (Å²) in [6.45, 7) is 5.76. The number of carbonyl (C=O) groups is 1. The number of fused-ring (bicyclic) bond motifs is 1. The Morgan fingerprint density at radius 3 is 2.90 bits per heavy atom. The first kappa shape index (κ1) is 14.4. The van der Waals surface area contributed by atoms with E-state index < -0.39 is 11.7 Å². The second-order valence-electron chi connectivity index (χ2n) is 5.30. The fraction of sp³-hybridized carbons (Fsp3) is 0.312. The van der Waals surface area contributed by atoms with Crippen molar-refractivity contribution < 1.29 is 9.53 Å². The van der Waals surface area contributed by atoms with Crippen molar-refractivity contribution in [2.24, 2.45) is 0 Å². The highest BCUT2D eigenvalue weighted by Gasteiger charge is 2.14. The quantitative estimate of drug-likeness (QED) is 0.811. The fourth-order valence-electron chi connectivity index (χ4n) is 1.67. The van der Waals surface area contributed by atoms with Gasteiger partial charge in [0.1, 0.15) is 5.60 Å². The lowest BCUT2D eigenvalue weighted by molar-refractivity contribution is 0.0535. The molecule has 1 aromatic carbocycles. The molecule has 0 aliphatic carbocycles. The van der Waals surface area contributed by atoms with Crippen LogP contribution in [-0.4, -0.2) is 18.2 Å². The van der Waals surface area contributed by atoms with Crippen molar-refractivity contribution in [2.45, 2.75) is 26.4 Å². The second-order valence-corrected chi connectivity index (χ2v) is 6.24. The molecule has 1 heterocycles. The van der Waals surface area contributed by atoms with Crippen LogP contribution in [0.2, 0.25) is 0 Å². The molecule has 0 saturated carbocycles. The molecule has 1 N–H and O–H groups in total. The van der Waals surface area contributed by atoms with Crippen molar-refractivity contribution in [2.75, 3.05) is 6.54 Å². The molecule has 0 aliphatic heterocycles. The van der Waals surface area contributed by atoms with E-state index in [0.717, 1.165) is 10.9 Å². The van der Waals surface area contributed by atoms with E-state index in [1.54, 1.807) is 11.3 Å². The van der Waals surface area contributed by atoms with Gasteiger partial charge in [0.25, 0.3) is 0 Å². The SMILES string of the molecule is CC(C)(C)OC(=O)NCC#Cc1cccc2sccc12. The van der Waals surface area contributed by atoms with Crippen LogP contribution in [0.1, 0.15) is 26.3 Å². The summed E-state index contributed by atoms with van der Waals surface area (Å²) in [6.07, 6.45) is -0.444. The number of amides is 1. The summed E-state index contributed by atoms with van der Waals surface area (Å²) in [4.78, 5) is 11.4. The molecule has 4 heteroatoms. The third-order valence-corrected chi connectivity index (χ3v) is 3.32. The van der Waals surface area contributed by atoms with E-state index in [1.165, 1.54) is 4.70 Å². The zero-order valence-corrected chi connectivity index (χ0v) is 12.6. The molecule has 1 amide bonds. The van der Waals surface area contributed by atoms with Crippen molar-refractivity contribution in [3.05, 3.63) is 35.2 Å². The molecule has 3 nitrogen and oxygen atoms in total. The number of benzene rings is 1. The molecule has 0 fully saturated rings. The molecule has 1 aromatic heterocycles. The van der Waals surface area contributed by atoms with E-state index in [4.69, 9.17) is 4.74 Å². The van der Waals surface area contributed by atoms with Gasteiger partial charge in [-0.1, -0.05) is 17.9 Å². The first-order chi connectivity index (χ1) is 9.46. The minimum absolute atomic E-state index is 0.273. The van der Waals surface area contributed by atoms with Crippen LogP contribution in [0.3, 0.4) is 0 Å². The van der Waals surface area contributed by atoms with Crippen molar-refractivity contribution >= 4 is 27.5 Å². The highest BCUT2D eigenvalue weighted by molar-refractivity contribution is 7.17. The molecule has 0 saturated heterocycles. The van der Waals surface area contributed by atoms with Crippen LogP contribution in [0, 0.1) is 11.8 Å². The van der Waals surface area contributed by atoms with Gasteiger partial charge in [-0.05, 0) is 44.4 Å². The molecular formula is C16H17NO2S. The van der Waals surface area contributed by atoms with E-state index in [0.29, 0.717) is 0 Å². The summed E-state index contributed by atoms with van der Waals surface area (Å²) in [6, 6.07) is 8.11. The smallest absolute Gasteiger partial charge is 0.408 e. The molecule has 0 spiro atoms. The fourth-order valence-corrected chi connectivity index (χ4v) is 2.49. The minimum Gasteiger partial charge on any atom is -0.444 e. The molecule has 0 atom stereocenters. The number of thiophene rings is 1. The summed E-state index contributed by atoms with van der Waals surface area (Å²) in [7, 11) is 0. The molecule has 2 aromatic rings. The van der Waals surface area contributed by atoms with Crippen LogP contribution in [0.25, 0.3) is 10.1 Å². The number of rotatable bonds is 1. The highest BCUT2D eigenvalue weighted by Crippen LogP contribution is 2.23. The molecule has 0 aliphatic rings. The van der Waals surface area contributed by atoms with Gasteiger partial charge in [0, 0.05) is 15.6 Å². The zero-order valence-electron chi connectivity index (χ0n) is 11.8. The third kappa shape index (κ3) is 4.01. The molecule has 20 heavy (non-hydrogen) atoms. The van der Waals surface area contributed by atoms with Crippen LogP contribution in [0.5, 0.6) is 0 Å². The predicted octanol–water partition coefficient (Wildman–Crippen LogP) is 3.78. The van der Waals surface area contributed by atoms with Gasteiger partial charge < -0.3 is 10.1 Å². The first-order valence-electron chi connectivity index (χ1n) is 6.38. The number of ether oxygens (including phenoxy) is 1. The van der Waals surface area contributed by atoms with Gasteiger partial charge in [-0.25, -0.2) is 4.79 Å². The van der Waals surface area contributed by atoms with Crippen LogP contribution in [-0.2, 0) is 4.74 Å². The second kappa shape index (κ2) is 5.98. The number of hydrogen-bond acceptors (Lipinski definition) is 3. The average molecular weight is 287 g/mol. The highest BCUT2D eigenvalue weighted by atomic mass is 32.1. The number of hydrogen-bond donors (Lipinski definition) is 1. The van der Waals surface area contributed by atoms with Gasteiger partial charge in [0.05, 0.1) is 6.54 Å². The van der Waals surface area contributed by atoms with Crippen molar-refractivity contribution in [3.63, 3.8) is 0 Å². The Bertz CT molecular complexity index is 671. The monoisotopic (exact) mass is 287 g/mol. The summed E-state index contributed by atoms with van der Waals surface area (Å²) in [5, 5.41) is 5.82. The van der Waals surface area contributed by atoms with E-state index in [9.17, 15) is 4.79 Å². The maximum absolute atomic E-state index is 11.4. The normalized spacial score (nSPS) is 10.8. The molecule has 0 bridgehead atoms. The Kier molecular flexibility index (Phi) is 4.31. The van der Waals surface area contributed by atoms with Crippen LogP contribution >= 0.6 is 11.3 Å². The van der Waals surface area contributed by atoms with E-state index in [2.05, 4.69) is 34.7 Å². The standard InChI is InChI=1S/C16H17NO2S/c1-16(2,3)19-15(18)17-10-5-7-12-6-4-8-14-13(12)9-11-20-14/h4,6,8-9,11H,10H2,1-3H3,(H,17,18). The lowest BCUT2D eigenvalue weighted by atomic mass is 10.1. The minimum atomic E-state index is -0.486. The van der Waals surface area contributed by atoms with Gasteiger partial charge in [-0.2, -0.15) is 0 Å². The Balaban J connectivity index is 1.95. The van der Waals surface area contributed by atoms with Gasteiger partial charge in [-0.3, -0.25) is 0 Å². The number of alkyl carbamates (subject to hydrolysis) is 1. The Labute approximate surface area is 122 Å². The molecule has 104 valence electrons. The topological polar surface area (TPSA) is 38.3 Å². The maximum Gasteiger partial charge on any atom is 0.408 e. The van der Waals surface area contributed by atoms with E-state index >= 15 is 0 Å².